The summed E-state index contributed by atoms with van der Waals surface area (Å²) in [7, 11) is -3.11. The van der Waals surface area contributed by atoms with Gasteiger partial charge in [0.05, 0.1) is 18.1 Å². The van der Waals surface area contributed by atoms with Crippen LogP contribution in [0.3, 0.4) is 0 Å². The Bertz CT molecular complexity index is 1060. The van der Waals surface area contributed by atoms with Crippen molar-refractivity contribution in [2.45, 2.75) is 58.5 Å². The molecule has 178 valence electrons. The highest BCUT2D eigenvalue weighted by Crippen LogP contribution is 2.24. The molecule has 3 rings (SSSR count). The Morgan fingerprint density at radius 3 is 2.30 bits per heavy atom. The summed E-state index contributed by atoms with van der Waals surface area (Å²) in [6.07, 6.45) is 4.76. The number of hydrogen-bond acceptors (Lipinski definition) is 4. The predicted octanol–water partition coefficient (Wildman–Crippen LogP) is 5.00. The van der Waals surface area contributed by atoms with Crippen LogP contribution in [0.15, 0.2) is 54.6 Å². The summed E-state index contributed by atoms with van der Waals surface area (Å²) in [5, 5.41) is 0. The van der Waals surface area contributed by atoms with E-state index in [9.17, 15) is 13.2 Å². The zero-order valence-corrected chi connectivity index (χ0v) is 20.9. The lowest BCUT2D eigenvalue weighted by Crippen LogP contribution is -2.39. The molecule has 1 amide bonds. The fourth-order valence-electron chi connectivity index (χ4n) is 3.87. The van der Waals surface area contributed by atoms with E-state index in [0.717, 1.165) is 23.3 Å². The fraction of sp³-hybridized carbons (Fsp3) is 0.444. The molecule has 0 saturated carbocycles. The lowest BCUT2D eigenvalue weighted by Gasteiger charge is -2.27. The Hall–Kier alpha value is -2.60. The van der Waals surface area contributed by atoms with Crippen molar-refractivity contribution in [1.82, 2.24) is 4.90 Å². The number of amides is 1. The molecule has 6 heteroatoms. The van der Waals surface area contributed by atoms with Gasteiger partial charge >= 0.3 is 0 Å². The van der Waals surface area contributed by atoms with Gasteiger partial charge in [-0.25, -0.2) is 8.42 Å². The van der Waals surface area contributed by atoms with Crippen molar-refractivity contribution in [3.63, 3.8) is 0 Å². The van der Waals surface area contributed by atoms with Gasteiger partial charge in [-0.15, -0.1) is 0 Å². The maximum Gasteiger partial charge on any atom is 0.247 e. The molecule has 0 radical (unpaired) electrons. The zero-order valence-electron chi connectivity index (χ0n) is 20.1. The van der Waals surface area contributed by atoms with E-state index in [1.54, 1.807) is 17.1 Å². The summed E-state index contributed by atoms with van der Waals surface area (Å²) >= 11 is 0. The first-order valence-corrected chi connectivity index (χ1v) is 13.4. The van der Waals surface area contributed by atoms with Crippen LogP contribution in [-0.2, 0) is 26.6 Å². The Labute approximate surface area is 198 Å². The average molecular weight is 470 g/mol. The van der Waals surface area contributed by atoms with Gasteiger partial charge < -0.3 is 9.64 Å². The van der Waals surface area contributed by atoms with E-state index in [1.807, 2.05) is 36.4 Å². The molecule has 2 aromatic rings. The fourth-order valence-corrected chi connectivity index (χ4v) is 5.60. The van der Waals surface area contributed by atoms with E-state index in [2.05, 4.69) is 39.8 Å². The highest BCUT2D eigenvalue weighted by Gasteiger charge is 2.34. The van der Waals surface area contributed by atoms with Gasteiger partial charge in [-0.05, 0) is 53.2 Å². The molecule has 1 unspecified atom stereocenters. The summed E-state index contributed by atoms with van der Waals surface area (Å²) in [5.41, 5.74) is 3.18. The second kappa shape index (κ2) is 10.6. The lowest BCUT2D eigenvalue weighted by molar-refractivity contribution is -0.128. The number of hydrogen-bond donors (Lipinski definition) is 0. The molecule has 1 aliphatic heterocycles. The Morgan fingerprint density at radius 1 is 1.09 bits per heavy atom. The summed E-state index contributed by atoms with van der Waals surface area (Å²) in [6, 6.07) is 15.5. The van der Waals surface area contributed by atoms with Gasteiger partial charge in [-0.1, -0.05) is 64.1 Å². The molecule has 5 nitrogen and oxygen atoms in total. The lowest BCUT2D eigenvalue weighted by atomic mass is 9.87. The Balaban J connectivity index is 1.76. The van der Waals surface area contributed by atoms with Crippen molar-refractivity contribution in [3.05, 3.63) is 71.3 Å². The third-order valence-corrected chi connectivity index (χ3v) is 7.63. The topological polar surface area (TPSA) is 63.7 Å². The minimum absolute atomic E-state index is 0.0184. The zero-order chi connectivity index (χ0) is 24.1. The summed E-state index contributed by atoms with van der Waals surface area (Å²) in [6.45, 7) is 9.57. The number of carbonyl (C=O) groups excluding carboxylic acids is 1. The van der Waals surface area contributed by atoms with Crippen LogP contribution < -0.4 is 4.74 Å². The molecule has 1 atom stereocenters. The van der Waals surface area contributed by atoms with Crippen LogP contribution in [0.25, 0.3) is 6.08 Å². The van der Waals surface area contributed by atoms with Gasteiger partial charge in [-0.2, -0.15) is 0 Å². The van der Waals surface area contributed by atoms with Crippen LogP contribution >= 0.6 is 0 Å². The van der Waals surface area contributed by atoms with Crippen molar-refractivity contribution in [1.29, 1.82) is 0 Å². The van der Waals surface area contributed by atoms with Crippen molar-refractivity contribution in [2.24, 2.45) is 0 Å². The summed E-state index contributed by atoms with van der Waals surface area (Å²) in [5.74, 6) is 0.761. The molecule has 1 saturated heterocycles. The van der Waals surface area contributed by atoms with E-state index in [-0.39, 0.29) is 28.9 Å². The van der Waals surface area contributed by atoms with Crippen LogP contribution in [0, 0.1) is 0 Å². The first-order valence-electron chi connectivity index (χ1n) is 11.6. The predicted molar refractivity (Wildman–Crippen MR) is 134 cm³/mol. The molecule has 1 aliphatic rings. The van der Waals surface area contributed by atoms with Gasteiger partial charge in [-0.3, -0.25) is 4.79 Å². The minimum atomic E-state index is -3.11. The van der Waals surface area contributed by atoms with E-state index in [0.29, 0.717) is 19.6 Å². The number of nitrogens with zero attached hydrogens (tertiary/aromatic N) is 1. The van der Waals surface area contributed by atoms with Crippen molar-refractivity contribution in [3.8, 4) is 5.75 Å². The Kier molecular flexibility index (Phi) is 8.01. The highest BCUT2D eigenvalue weighted by atomic mass is 32.2. The van der Waals surface area contributed by atoms with Crippen LogP contribution in [0.1, 0.15) is 57.2 Å². The molecular formula is C27H35NO4S. The average Bonchev–Trinajstić information content (AvgIpc) is 3.14. The molecule has 33 heavy (non-hydrogen) atoms. The van der Waals surface area contributed by atoms with Crippen molar-refractivity contribution in [2.75, 3.05) is 18.1 Å². The maximum atomic E-state index is 13.2. The molecule has 0 N–H and O–H groups in total. The maximum absolute atomic E-state index is 13.2. The summed E-state index contributed by atoms with van der Waals surface area (Å²) in [4.78, 5) is 14.9. The van der Waals surface area contributed by atoms with Gasteiger partial charge in [0.2, 0.25) is 5.91 Å². The molecule has 2 aromatic carbocycles. The standard InChI is InChI=1S/C27H35NO4S/c1-5-17-32-25-13-8-22(9-14-25)19-28(24-16-18-33(30,31)20-24)26(29)15-10-21-6-11-23(12-7-21)27(2,3)4/h6-15,24H,5,16-20H2,1-4H3/b15-10+. The van der Waals surface area contributed by atoms with Crippen LogP contribution in [0.5, 0.6) is 5.75 Å². The molecule has 0 aliphatic carbocycles. The molecule has 0 aromatic heterocycles. The minimum Gasteiger partial charge on any atom is -0.494 e. The second-order valence-electron chi connectivity index (χ2n) is 9.72. The van der Waals surface area contributed by atoms with Crippen molar-refractivity contribution < 1.29 is 17.9 Å². The van der Waals surface area contributed by atoms with E-state index >= 15 is 0 Å². The van der Waals surface area contributed by atoms with Crippen LogP contribution in [0.4, 0.5) is 0 Å². The number of rotatable bonds is 8. The first kappa shape index (κ1) is 25.0. The number of sulfone groups is 1. The van der Waals surface area contributed by atoms with Gasteiger partial charge in [0.15, 0.2) is 9.84 Å². The largest absolute Gasteiger partial charge is 0.494 e. The number of carbonyl (C=O) groups is 1. The van der Waals surface area contributed by atoms with Gasteiger partial charge in [0, 0.05) is 18.7 Å². The number of benzene rings is 2. The Morgan fingerprint density at radius 2 is 1.76 bits per heavy atom. The van der Waals surface area contributed by atoms with Gasteiger partial charge in [0.1, 0.15) is 5.75 Å². The van der Waals surface area contributed by atoms with E-state index < -0.39 is 9.84 Å². The smallest absolute Gasteiger partial charge is 0.247 e. The van der Waals surface area contributed by atoms with Crippen molar-refractivity contribution >= 4 is 21.8 Å². The second-order valence-corrected chi connectivity index (χ2v) is 11.9. The molecule has 1 heterocycles. The van der Waals surface area contributed by atoms with Crippen LogP contribution in [0.2, 0.25) is 0 Å². The van der Waals surface area contributed by atoms with E-state index in [4.69, 9.17) is 4.74 Å². The molecule has 1 fully saturated rings. The normalized spacial score (nSPS) is 17.9. The third kappa shape index (κ3) is 7.19. The molecule has 0 bridgehead atoms. The molecular weight excluding hydrogens is 434 g/mol. The van der Waals surface area contributed by atoms with Gasteiger partial charge in [0.25, 0.3) is 0 Å². The van der Waals surface area contributed by atoms with Crippen LogP contribution in [-0.4, -0.2) is 43.4 Å². The first-order chi connectivity index (χ1) is 15.6. The molecule has 0 spiro atoms. The quantitative estimate of drug-likeness (QED) is 0.510. The van der Waals surface area contributed by atoms with E-state index in [1.165, 1.54) is 5.56 Å². The third-order valence-electron chi connectivity index (χ3n) is 5.88. The monoisotopic (exact) mass is 469 g/mol. The number of ether oxygens (including phenoxy) is 1. The SMILES string of the molecule is CCCOc1ccc(CN(C(=O)/C=C/c2ccc(C(C)(C)C)cc2)C2CCS(=O)(=O)C2)cc1. The highest BCUT2D eigenvalue weighted by molar-refractivity contribution is 7.91. The summed E-state index contributed by atoms with van der Waals surface area (Å²) < 4.78 is 29.8.